The molecule has 0 aliphatic carbocycles. The van der Waals surface area contributed by atoms with Gasteiger partial charge in [0.25, 0.3) is 5.91 Å². The summed E-state index contributed by atoms with van der Waals surface area (Å²) in [6, 6.07) is 5.57. The van der Waals surface area contributed by atoms with Crippen LogP contribution in [0.25, 0.3) is 11.5 Å². The van der Waals surface area contributed by atoms with Crippen molar-refractivity contribution in [2.45, 2.75) is 19.4 Å². The number of aliphatic carboxylic acids is 1. The van der Waals surface area contributed by atoms with Gasteiger partial charge in [-0.15, -0.1) is 10.2 Å². The molecule has 2 N–H and O–H groups in total. The molecule has 1 aromatic heterocycles. The Labute approximate surface area is 114 Å². The molecule has 0 radical (unpaired) electrons. The fourth-order valence-electron chi connectivity index (χ4n) is 1.64. The van der Waals surface area contributed by atoms with Gasteiger partial charge >= 0.3 is 5.97 Å². The third-order valence-electron chi connectivity index (χ3n) is 2.77. The summed E-state index contributed by atoms with van der Waals surface area (Å²) in [4.78, 5) is 22.8. The molecule has 1 amide bonds. The molecule has 20 heavy (non-hydrogen) atoms. The van der Waals surface area contributed by atoms with Crippen LogP contribution in [0.3, 0.4) is 0 Å². The molecule has 1 aromatic carbocycles. The summed E-state index contributed by atoms with van der Waals surface area (Å²) >= 11 is 0. The van der Waals surface area contributed by atoms with E-state index in [1.807, 2.05) is 0 Å². The minimum absolute atomic E-state index is 0.321. The third-order valence-corrected chi connectivity index (χ3v) is 2.77. The van der Waals surface area contributed by atoms with Crippen LogP contribution in [0, 0.1) is 0 Å². The van der Waals surface area contributed by atoms with Gasteiger partial charge < -0.3 is 14.8 Å². The number of nitrogens with zero attached hydrogens (tertiary/aromatic N) is 2. The van der Waals surface area contributed by atoms with Crippen molar-refractivity contribution in [3.8, 4) is 11.5 Å². The van der Waals surface area contributed by atoms with Crippen molar-refractivity contribution in [3.63, 3.8) is 0 Å². The number of amides is 1. The van der Waals surface area contributed by atoms with Gasteiger partial charge in [0.15, 0.2) is 0 Å². The van der Waals surface area contributed by atoms with Crippen LogP contribution in [-0.2, 0) is 4.79 Å². The predicted molar refractivity (Wildman–Crippen MR) is 68.9 cm³/mol. The molecular formula is C13H13N3O4. The molecule has 1 atom stereocenters. The minimum atomic E-state index is -1.05. The number of hydrogen-bond donors (Lipinski definition) is 2. The first-order valence-corrected chi connectivity index (χ1v) is 6.02. The van der Waals surface area contributed by atoms with Crippen molar-refractivity contribution < 1.29 is 19.1 Å². The second kappa shape index (κ2) is 5.96. The molecule has 0 bridgehead atoms. The lowest BCUT2D eigenvalue weighted by atomic mass is 10.1. The molecule has 0 spiro atoms. The lowest BCUT2D eigenvalue weighted by Crippen LogP contribution is -2.40. The van der Waals surface area contributed by atoms with E-state index in [1.54, 1.807) is 31.2 Å². The predicted octanol–water partition coefficient (Wildman–Crippen LogP) is 1.33. The van der Waals surface area contributed by atoms with E-state index in [-0.39, 0.29) is 0 Å². The summed E-state index contributed by atoms with van der Waals surface area (Å²) < 4.78 is 5.03. The standard InChI is InChI=1S/C13H13N3O4/c1-2-10(13(18)19)15-11(17)8-3-5-9(6-4-8)12-16-14-7-20-12/h3-7,10H,2H2,1H3,(H,15,17)(H,18,19)/t10-/m0/s1. The number of hydrogen-bond acceptors (Lipinski definition) is 5. The average Bonchev–Trinajstić information content (AvgIpc) is 2.98. The van der Waals surface area contributed by atoms with Crippen molar-refractivity contribution in [2.24, 2.45) is 0 Å². The van der Waals surface area contributed by atoms with Crippen LogP contribution in [0.5, 0.6) is 0 Å². The van der Waals surface area contributed by atoms with Gasteiger partial charge in [0.2, 0.25) is 12.3 Å². The van der Waals surface area contributed by atoms with E-state index in [9.17, 15) is 9.59 Å². The lowest BCUT2D eigenvalue weighted by molar-refractivity contribution is -0.139. The van der Waals surface area contributed by atoms with E-state index >= 15 is 0 Å². The van der Waals surface area contributed by atoms with Gasteiger partial charge in [0, 0.05) is 11.1 Å². The number of carboxylic acids is 1. The Hall–Kier alpha value is -2.70. The summed E-state index contributed by atoms with van der Waals surface area (Å²) in [5.41, 5.74) is 1.05. The van der Waals surface area contributed by atoms with Crippen LogP contribution in [0.4, 0.5) is 0 Å². The minimum Gasteiger partial charge on any atom is -0.480 e. The number of benzene rings is 1. The van der Waals surface area contributed by atoms with Crippen LogP contribution in [0.1, 0.15) is 23.7 Å². The Morgan fingerprint density at radius 3 is 2.55 bits per heavy atom. The largest absolute Gasteiger partial charge is 0.480 e. The van der Waals surface area contributed by atoms with Gasteiger partial charge in [0.05, 0.1) is 0 Å². The van der Waals surface area contributed by atoms with E-state index in [0.29, 0.717) is 23.4 Å². The molecule has 7 heteroatoms. The summed E-state index contributed by atoms with van der Waals surface area (Å²) in [5.74, 6) is -1.13. The summed E-state index contributed by atoms with van der Waals surface area (Å²) in [7, 11) is 0. The maximum absolute atomic E-state index is 11.9. The van der Waals surface area contributed by atoms with Crippen molar-refractivity contribution in [1.29, 1.82) is 0 Å². The van der Waals surface area contributed by atoms with Crippen molar-refractivity contribution >= 4 is 11.9 Å². The molecule has 0 aliphatic heterocycles. The molecule has 0 unspecified atom stereocenters. The summed E-state index contributed by atoms with van der Waals surface area (Å²) in [5, 5.41) is 18.7. The SMILES string of the molecule is CC[C@H](NC(=O)c1ccc(-c2nnco2)cc1)C(=O)O. The summed E-state index contributed by atoms with van der Waals surface area (Å²) in [6.45, 7) is 1.69. The topological polar surface area (TPSA) is 105 Å². The van der Waals surface area contributed by atoms with Gasteiger partial charge in [0.1, 0.15) is 6.04 Å². The van der Waals surface area contributed by atoms with Gasteiger partial charge in [-0.25, -0.2) is 4.79 Å². The molecule has 0 fully saturated rings. The van der Waals surface area contributed by atoms with Crippen LogP contribution in [0.15, 0.2) is 35.1 Å². The second-order valence-electron chi connectivity index (χ2n) is 4.09. The molecule has 2 aromatic rings. The molecule has 2 rings (SSSR count). The van der Waals surface area contributed by atoms with E-state index in [0.717, 1.165) is 0 Å². The van der Waals surface area contributed by atoms with Gasteiger partial charge in [-0.05, 0) is 30.7 Å². The number of aromatic nitrogens is 2. The van der Waals surface area contributed by atoms with E-state index in [4.69, 9.17) is 9.52 Å². The molecule has 0 saturated heterocycles. The van der Waals surface area contributed by atoms with Crippen LogP contribution < -0.4 is 5.32 Å². The Morgan fingerprint density at radius 2 is 2.05 bits per heavy atom. The third kappa shape index (κ3) is 3.00. The van der Waals surface area contributed by atoms with Gasteiger partial charge in [-0.2, -0.15) is 0 Å². The molecule has 7 nitrogen and oxygen atoms in total. The molecule has 0 aliphatic rings. The maximum Gasteiger partial charge on any atom is 0.326 e. The first-order valence-electron chi connectivity index (χ1n) is 6.02. The zero-order chi connectivity index (χ0) is 14.5. The van der Waals surface area contributed by atoms with Crippen LogP contribution >= 0.6 is 0 Å². The first-order chi connectivity index (χ1) is 9.61. The highest BCUT2D eigenvalue weighted by molar-refractivity contribution is 5.96. The van der Waals surface area contributed by atoms with E-state index in [1.165, 1.54) is 6.39 Å². The highest BCUT2D eigenvalue weighted by atomic mass is 16.4. The number of rotatable bonds is 5. The van der Waals surface area contributed by atoms with E-state index in [2.05, 4.69) is 15.5 Å². The fourth-order valence-corrected chi connectivity index (χ4v) is 1.64. The van der Waals surface area contributed by atoms with Crippen molar-refractivity contribution in [2.75, 3.05) is 0 Å². The smallest absolute Gasteiger partial charge is 0.326 e. The van der Waals surface area contributed by atoms with E-state index < -0.39 is 17.9 Å². The zero-order valence-electron chi connectivity index (χ0n) is 10.7. The second-order valence-corrected chi connectivity index (χ2v) is 4.09. The monoisotopic (exact) mass is 275 g/mol. The summed E-state index contributed by atoms with van der Waals surface area (Å²) in [6.07, 6.45) is 1.54. The van der Waals surface area contributed by atoms with Gasteiger partial charge in [-0.3, -0.25) is 4.79 Å². The lowest BCUT2D eigenvalue weighted by Gasteiger charge is -2.12. The van der Waals surface area contributed by atoms with Crippen LogP contribution in [-0.4, -0.2) is 33.2 Å². The Morgan fingerprint density at radius 1 is 1.35 bits per heavy atom. The number of carbonyl (C=O) groups excluding carboxylic acids is 1. The number of nitrogens with one attached hydrogen (secondary N) is 1. The maximum atomic E-state index is 11.9. The Bertz CT molecular complexity index is 593. The highest BCUT2D eigenvalue weighted by Crippen LogP contribution is 2.16. The first kappa shape index (κ1) is 13.7. The van der Waals surface area contributed by atoms with Crippen molar-refractivity contribution in [3.05, 3.63) is 36.2 Å². The zero-order valence-corrected chi connectivity index (χ0v) is 10.7. The fraction of sp³-hybridized carbons (Fsp3) is 0.231. The number of carboxylic acid groups (broad SMARTS) is 1. The quantitative estimate of drug-likeness (QED) is 0.852. The van der Waals surface area contributed by atoms with Gasteiger partial charge in [-0.1, -0.05) is 6.92 Å². The highest BCUT2D eigenvalue weighted by Gasteiger charge is 2.18. The normalized spacial score (nSPS) is 11.8. The molecular weight excluding hydrogens is 262 g/mol. The Balaban J connectivity index is 2.10. The van der Waals surface area contributed by atoms with Crippen molar-refractivity contribution in [1.82, 2.24) is 15.5 Å². The molecule has 1 heterocycles. The van der Waals surface area contributed by atoms with Crippen LogP contribution in [0.2, 0.25) is 0 Å². The Kier molecular flexibility index (Phi) is 4.09. The number of carbonyl (C=O) groups is 2. The molecule has 0 saturated carbocycles. The molecule has 104 valence electrons. The average molecular weight is 275 g/mol.